The smallest absolute Gasteiger partial charge is 0.337 e. The molecule has 0 saturated heterocycles. The van der Waals surface area contributed by atoms with E-state index in [1.54, 1.807) is 24.3 Å². The van der Waals surface area contributed by atoms with E-state index in [2.05, 4.69) is 19.9 Å². The third kappa shape index (κ3) is 3.18. The van der Waals surface area contributed by atoms with Crippen LogP contribution in [0.25, 0.3) is 10.4 Å². The van der Waals surface area contributed by atoms with Gasteiger partial charge in [-0.25, -0.2) is 4.79 Å². The molecule has 0 atom stereocenters. The van der Waals surface area contributed by atoms with Gasteiger partial charge in [0, 0.05) is 11.1 Å². The number of rotatable bonds is 4. The van der Waals surface area contributed by atoms with Gasteiger partial charge >= 0.3 is 5.97 Å². The zero-order valence-corrected chi connectivity index (χ0v) is 11.1. The zero-order valence-electron chi connectivity index (χ0n) is 11.1. The lowest BCUT2D eigenvalue weighted by atomic mass is 10.1. The Morgan fingerprint density at radius 2 is 2.24 bits per heavy atom. The molecule has 8 nitrogen and oxygen atoms in total. The van der Waals surface area contributed by atoms with Crippen molar-refractivity contribution in [2.45, 2.75) is 6.54 Å². The van der Waals surface area contributed by atoms with Gasteiger partial charge < -0.3 is 4.74 Å². The van der Waals surface area contributed by atoms with Gasteiger partial charge in [0.2, 0.25) is 0 Å². The van der Waals surface area contributed by atoms with Crippen LogP contribution in [0.3, 0.4) is 0 Å². The van der Waals surface area contributed by atoms with Crippen molar-refractivity contribution in [2.24, 2.45) is 5.11 Å². The summed E-state index contributed by atoms with van der Waals surface area (Å²) in [6.07, 6.45) is 1.50. The molecule has 0 amide bonds. The number of carbonyl (C=O) groups is 1. The van der Waals surface area contributed by atoms with Crippen molar-refractivity contribution < 1.29 is 9.53 Å². The first-order valence-corrected chi connectivity index (χ1v) is 5.88. The highest BCUT2D eigenvalue weighted by atomic mass is 16.5. The quantitative estimate of drug-likeness (QED) is 0.370. The van der Waals surface area contributed by atoms with Gasteiger partial charge in [-0.1, -0.05) is 12.1 Å². The van der Waals surface area contributed by atoms with Gasteiger partial charge in [-0.3, -0.25) is 4.68 Å². The Labute approximate surface area is 119 Å². The van der Waals surface area contributed by atoms with Crippen LogP contribution in [-0.2, 0) is 11.3 Å². The summed E-state index contributed by atoms with van der Waals surface area (Å²) >= 11 is 0. The molecule has 0 bridgehead atoms. The number of ether oxygens (including phenoxy) is 1. The fraction of sp³-hybridized carbons (Fsp3) is 0.154. The summed E-state index contributed by atoms with van der Waals surface area (Å²) in [5.74, 6) is -0.357. The summed E-state index contributed by atoms with van der Waals surface area (Å²) in [4.78, 5) is 13.9. The maximum absolute atomic E-state index is 11.3. The summed E-state index contributed by atoms with van der Waals surface area (Å²) < 4.78 is 6.11. The normalized spacial score (nSPS) is 9.52. The molecule has 0 spiro atoms. The molecule has 0 aliphatic heterocycles. The van der Waals surface area contributed by atoms with Crippen LogP contribution in [0.15, 0.2) is 35.6 Å². The van der Waals surface area contributed by atoms with Gasteiger partial charge in [-0.15, -0.1) is 0 Å². The third-order valence-corrected chi connectivity index (χ3v) is 2.72. The number of azide groups is 1. The van der Waals surface area contributed by atoms with Crippen LogP contribution in [0.4, 0.5) is 5.82 Å². The lowest BCUT2D eigenvalue weighted by molar-refractivity contribution is 0.0600. The van der Waals surface area contributed by atoms with Crippen LogP contribution in [0.1, 0.15) is 21.5 Å². The van der Waals surface area contributed by atoms with Gasteiger partial charge in [-0.05, 0) is 28.3 Å². The number of aromatic nitrogens is 2. The number of nitriles is 1. The molecule has 0 N–H and O–H groups in total. The number of hydrogen-bond donors (Lipinski definition) is 0. The van der Waals surface area contributed by atoms with Gasteiger partial charge in [0.25, 0.3) is 0 Å². The predicted octanol–water partition coefficient (Wildman–Crippen LogP) is 2.53. The molecular weight excluding hydrogens is 272 g/mol. The summed E-state index contributed by atoms with van der Waals surface area (Å²) in [7, 11) is 1.32. The van der Waals surface area contributed by atoms with Crippen molar-refractivity contribution in [3.63, 3.8) is 0 Å². The lowest BCUT2D eigenvalue weighted by Crippen LogP contribution is -2.03. The van der Waals surface area contributed by atoms with Crippen LogP contribution in [0.5, 0.6) is 0 Å². The average molecular weight is 282 g/mol. The number of benzene rings is 1. The number of carbonyl (C=O) groups excluding carboxylic acids is 1. The van der Waals surface area contributed by atoms with Gasteiger partial charge in [0.15, 0.2) is 5.82 Å². The van der Waals surface area contributed by atoms with Crippen LogP contribution in [0, 0.1) is 11.3 Å². The molecule has 1 aromatic carbocycles. The van der Waals surface area contributed by atoms with Crippen LogP contribution in [-0.4, -0.2) is 22.9 Å². The zero-order chi connectivity index (χ0) is 15.2. The average Bonchev–Trinajstić information content (AvgIpc) is 2.89. The molecule has 0 unspecified atom stereocenters. The second-order valence-corrected chi connectivity index (χ2v) is 4.05. The van der Waals surface area contributed by atoms with Gasteiger partial charge in [0.1, 0.15) is 6.07 Å². The molecule has 0 aliphatic carbocycles. The van der Waals surface area contributed by atoms with Gasteiger partial charge in [-0.2, -0.15) is 10.4 Å². The second-order valence-electron chi connectivity index (χ2n) is 4.05. The van der Waals surface area contributed by atoms with Crippen molar-refractivity contribution >= 4 is 11.8 Å². The topological polar surface area (TPSA) is 117 Å². The predicted molar refractivity (Wildman–Crippen MR) is 72.6 cm³/mol. The summed E-state index contributed by atoms with van der Waals surface area (Å²) in [6.45, 7) is 0.386. The van der Waals surface area contributed by atoms with Crippen LogP contribution >= 0.6 is 0 Å². The highest BCUT2D eigenvalue weighted by Gasteiger charge is 2.08. The van der Waals surface area contributed by atoms with E-state index in [-0.39, 0.29) is 11.4 Å². The molecule has 2 aromatic rings. The molecule has 0 saturated carbocycles. The van der Waals surface area contributed by atoms with Crippen molar-refractivity contribution in [2.75, 3.05) is 7.11 Å². The Kier molecular flexibility index (Phi) is 4.19. The third-order valence-electron chi connectivity index (χ3n) is 2.72. The minimum Gasteiger partial charge on any atom is -0.465 e. The van der Waals surface area contributed by atoms with E-state index in [9.17, 15) is 4.79 Å². The Morgan fingerprint density at radius 1 is 1.52 bits per heavy atom. The van der Waals surface area contributed by atoms with Gasteiger partial charge in [0.05, 0.1) is 24.8 Å². The first-order chi connectivity index (χ1) is 10.2. The van der Waals surface area contributed by atoms with Crippen molar-refractivity contribution in [3.8, 4) is 6.07 Å². The molecular formula is C13H10N6O2. The van der Waals surface area contributed by atoms with E-state index in [4.69, 9.17) is 10.8 Å². The minimum atomic E-state index is -0.405. The van der Waals surface area contributed by atoms with Crippen molar-refractivity contribution in [1.82, 2.24) is 9.78 Å². The number of hydrogen-bond acceptors (Lipinski definition) is 5. The van der Waals surface area contributed by atoms with E-state index < -0.39 is 5.97 Å². The fourth-order valence-electron chi connectivity index (χ4n) is 1.74. The molecule has 21 heavy (non-hydrogen) atoms. The van der Waals surface area contributed by atoms with E-state index in [0.717, 1.165) is 5.56 Å². The first kappa shape index (κ1) is 14.1. The van der Waals surface area contributed by atoms with Crippen molar-refractivity contribution in [1.29, 1.82) is 5.26 Å². The minimum absolute atomic E-state index is 0.0474. The molecule has 0 fully saturated rings. The number of esters is 1. The number of nitrogens with zero attached hydrogens (tertiary/aromatic N) is 6. The Hall–Kier alpha value is -3.30. The Morgan fingerprint density at radius 3 is 2.81 bits per heavy atom. The molecule has 1 heterocycles. The number of methoxy groups -OCH3 is 1. The van der Waals surface area contributed by atoms with E-state index in [1.807, 2.05) is 6.07 Å². The first-order valence-electron chi connectivity index (χ1n) is 5.88. The molecule has 1 aromatic heterocycles. The van der Waals surface area contributed by atoms with E-state index >= 15 is 0 Å². The summed E-state index contributed by atoms with van der Waals surface area (Å²) in [5.41, 5.74) is 9.94. The molecule has 8 heteroatoms. The Bertz CT molecular complexity index is 750. The molecule has 0 radical (unpaired) electrons. The summed E-state index contributed by atoms with van der Waals surface area (Å²) in [5, 5.41) is 16.3. The SMILES string of the molecule is COC(=O)c1ccc(Cn2cc(C#N)c(N=[N+]=[N-])n2)cc1. The molecule has 104 valence electrons. The van der Waals surface area contributed by atoms with Crippen molar-refractivity contribution in [3.05, 3.63) is 57.6 Å². The maximum atomic E-state index is 11.3. The van der Waals surface area contributed by atoms with Crippen LogP contribution in [0.2, 0.25) is 0 Å². The summed E-state index contributed by atoms with van der Waals surface area (Å²) in [6, 6.07) is 8.71. The fourth-order valence-corrected chi connectivity index (χ4v) is 1.74. The van der Waals surface area contributed by atoms with Crippen LogP contribution < -0.4 is 0 Å². The molecule has 0 aliphatic rings. The highest BCUT2D eigenvalue weighted by molar-refractivity contribution is 5.89. The monoisotopic (exact) mass is 282 g/mol. The van der Waals surface area contributed by atoms with E-state index in [0.29, 0.717) is 12.1 Å². The largest absolute Gasteiger partial charge is 0.465 e. The Balaban J connectivity index is 2.20. The second kappa shape index (κ2) is 6.23. The lowest BCUT2D eigenvalue weighted by Gasteiger charge is -2.03. The molecule has 2 rings (SSSR count). The highest BCUT2D eigenvalue weighted by Crippen LogP contribution is 2.16. The standard InChI is InChI=1S/C13H10N6O2/c1-21-13(20)10-4-2-9(3-5-10)7-19-8-11(6-14)12(17-19)16-18-15/h2-5,8H,7H2,1H3. The maximum Gasteiger partial charge on any atom is 0.337 e. The van der Waals surface area contributed by atoms with E-state index in [1.165, 1.54) is 18.0 Å².